The number of anilines is 2. The van der Waals surface area contributed by atoms with Gasteiger partial charge in [-0.05, 0) is 12.8 Å². The van der Waals surface area contributed by atoms with Crippen LogP contribution in [-0.4, -0.2) is 32.0 Å². The molecule has 0 atom stereocenters. The van der Waals surface area contributed by atoms with Crippen molar-refractivity contribution in [1.82, 2.24) is 5.32 Å². The number of rotatable bonds is 7. The average Bonchev–Trinajstić information content (AvgIpc) is 2.75. The van der Waals surface area contributed by atoms with E-state index in [4.69, 9.17) is 11.5 Å². The lowest BCUT2D eigenvalue weighted by atomic mass is 10.2. The number of nitrogens with two attached hydrogens (primary N) is 2. The van der Waals surface area contributed by atoms with Gasteiger partial charge in [0.15, 0.2) is 0 Å². The quantitative estimate of drug-likeness (QED) is 0.708. The van der Waals surface area contributed by atoms with Crippen LogP contribution in [0.5, 0.6) is 0 Å². The van der Waals surface area contributed by atoms with Crippen LogP contribution >= 0.6 is 11.3 Å². The van der Waals surface area contributed by atoms with Gasteiger partial charge < -0.3 is 21.7 Å². The van der Waals surface area contributed by atoms with Gasteiger partial charge >= 0.3 is 0 Å². The van der Waals surface area contributed by atoms with E-state index in [0.29, 0.717) is 5.56 Å². The van der Waals surface area contributed by atoms with Crippen molar-refractivity contribution in [3.05, 3.63) is 10.4 Å². The highest BCUT2D eigenvalue weighted by Gasteiger charge is 2.26. The van der Waals surface area contributed by atoms with Gasteiger partial charge in [0.25, 0.3) is 11.8 Å². The first kappa shape index (κ1) is 16.3. The first-order chi connectivity index (χ1) is 9.47. The summed E-state index contributed by atoms with van der Waals surface area (Å²) in [6.07, 6.45) is 1.88. The van der Waals surface area contributed by atoms with Crippen LogP contribution in [0.25, 0.3) is 0 Å². The largest absolute Gasteiger partial charge is 0.397 e. The third-order valence-corrected chi connectivity index (χ3v) is 4.16. The molecule has 0 radical (unpaired) electrons. The predicted molar refractivity (Wildman–Crippen MR) is 83.4 cm³/mol. The fourth-order valence-corrected chi connectivity index (χ4v) is 3.16. The Morgan fingerprint density at radius 2 is 1.80 bits per heavy atom. The van der Waals surface area contributed by atoms with Crippen molar-refractivity contribution in [2.24, 2.45) is 5.73 Å². The maximum atomic E-state index is 12.0. The Balaban J connectivity index is 3.37. The lowest BCUT2D eigenvalue weighted by Crippen LogP contribution is -2.28. The van der Waals surface area contributed by atoms with Gasteiger partial charge in [0.05, 0.1) is 11.3 Å². The number of carbonyl (C=O) groups excluding carboxylic acids is 2. The van der Waals surface area contributed by atoms with Crippen molar-refractivity contribution in [3.63, 3.8) is 0 Å². The molecule has 0 aliphatic carbocycles. The minimum Gasteiger partial charge on any atom is -0.397 e. The van der Waals surface area contributed by atoms with E-state index >= 15 is 0 Å². The molecule has 0 aromatic carbocycles. The highest BCUT2D eigenvalue weighted by atomic mass is 32.1. The Morgan fingerprint density at radius 1 is 1.25 bits per heavy atom. The lowest BCUT2D eigenvalue weighted by Gasteiger charge is -2.23. The summed E-state index contributed by atoms with van der Waals surface area (Å²) in [4.78, 5) is 25.8. The molecule has 0 bridgehead atoms. The van der Waals surface area contributed by atoms with Crippen molar-refractivity contribution < 1.29 is 9.59 Å². The second kappa shape index (κ2) is 7.14. The van der Waals surface area contributed by atoms with Crippen LogP contribution < -0.4 is 21.7 Å². The highest BCUT2D eigenvalue weighted by Crippen LogP contribution is 2.38. The smallest absolute Gasteiger partial charge is 0.260 e. The number of hydrogen-bond donors (Lipinski definition) is 3. The SMILES string of the molecule is CCCN(CCC)c1sc(C(N)=O)c(N)c1C(=O)NC. The van der Waals surface area contributed by atoms with E-state index in [2.05, 4.69) is 24.1 Å². The standard InChI is InChI=1S/C13H22N4O2S/c1-4-6-17(7-5-2)13-8(12(19)16-3)9(14)10(20-13)11(15)18/h4-7,14H2,1-3H3,(H2,15,18)(H,16,19). The molecule has 1 aromatic heterocycles. The topological polar surface area (TPSA) is 101 Å². The zero-order valence-corrected chi connectivity index (χ0v) is 13.0. The third kappa shape index (κ3) is 3.22. The van der Waals surface area contributed by atoms with Crippen molar-refractivity contribution >= 4 is 33.8 Å². The molecule has 0 saturated carbocycles. The first-order valence-corrected chi connectivity index (χ1v) is 7.48. The Morgan fingerprint density at radius 3 is 2.20 bits per heavy atom. The van der Waals surface area contributed by atoms with E-state index in [1.54, 1.807) is 0 Å². The summed E-state index contributed by atoms with van der Waals surface area (Å²) in [7, 11) is 1.54. The molecule has 1 heterocycles. The lowest BCUT2D eigenvalue weighted by molar-refractivity contribution is 0.0964. The van der Waals surface area contributed by atoms with Crippen LogP contribution in [0.2, 0.25) is 0 Å². The molecule has 20 heavy (non-hydrogen) atoms. The number of nitrogen functional groups attached to an aromatic ring is 1. The van der Waals surface area contributed by atoms with Crippen LogP contribution in [0.15, 0.2) is 0 Å². The average molecular weight is 298 g/mol. The van der Waals surface area contributed by atoms with Gasteiger partial charge in [-0.2, -0.15) is 0 Å². The van der Waals surface area contributed by atoms with E-state index in [0.717, 1.165) is 30.9 Å². The minimum absolute atomic E-state index is 0.175. The van der Waals surface area contributed by atoms with Gasteiger partial charge in [-0.15, -0.1) is 11.3 Å². The van der Waals surface area contributed by atoms with E-state index in [1.807, 2.05) is 0 Å². The van der Waals surface area contributed by atoms with Gasteiger partial charge in [0, 0.05) is 20.1 Å². The zero-order valence-electron chi connectivity index (χ0n) is 12.2. The monoisotopic (exact) mass is 298 g/mol. The molecule has 0 fully saturated rings. The van der Waals surface area contributed by atoms with Crippen LogP contribution in [0.4, 0.5) is 10.7 Å². The number of primary amides is 1. The first-order valence-electron chi connectivity index (χ1n) is 6.66. The number of carbonyl (C=O) groups is 2. The van der Waals surface area contributed by atoms with E-state index in [1.165, 1.54) is 18.4 Å². The molecule has 0 aliphatic rings. The van der Waals surface area contributed by atoms with Gasteiger partial charge in [0.2, 0.25) is 0 Å². The zero-order chi connectivity index (χ0) is 15.3. The molecular weight excluding hydrogens is 276 g/mol. The van der Waals surface area contributed by atoms with E-state index in [9.17, 15) is 9.59 Å². The van der Waals surface area contributed by atoms with Crippen LogP contribution in [0.3, 0.4) is 0 Å². The van der Waals surface area contributed by atoms with Crippen molar-refractivity contribution in [1.29, 1.82) is 0 Å². The van der Waals surface area contributed by atoms with E-state index in [-0.39, 0.29) is 16.5 Å². The van der Waals surface area contributed by atoms with E-state index < -0.39 is 5.91 Å². The summed E-state index contributed by atoms with van der Waals surface area (Å²) in [6, 6.07) is 0. The summed E-state index contributed by atoms with van der Waals surface area (Å²) < 4.78 is 0. The minimum atomic E-state index is -0.600. The molecule has 1 aromatic rings. The second-order valence-electron chi connectivity index (χ2n) is 4.46. The number of nitrogens with zero attached hydrogens (tertiary/aromatic N) is 1. The van der Waals surface area contributed by atoms with Crippen molar-refractivity contribution in [2.45, 2.75) is 26.7 Å². The molecule has 0 saturated heterocycles. The summed E-state index contributed by atoms with van der Waals surface area (Å²) >= 11 is 1.19. The number of nitrogens with one attached hydrogen (secondary N) is 1. The molecule has 6 nitrogen and oxygen atoms in total. The maximum absolute atomic E-state index is 12.0. The molecule has 2 amide bonds. The Labute approximate surface area is 123 Å². The molecular formula is C13H22N4O2S. The van der Waals surface area contributed by atoms with Gasteiger partial charge in [0.1, 0.15) is 9.88 Å². The summed E-state index contributed by atoms with van der Waals surface area (Å²) in [5.41, 5.74) is 11.8. The molecule has 1 rings (SSSR count). The number of hydrogen-bond acceptors (Lipinski definition) is 5. The molecule has 5 N–H and O–H groups in total. The fourth-order valence-electron chi connectivity index (χ4n) is 2.04. The Bertz CT molecular complexity index is 493. The Kier molecular flexibility index (Phi) is 5.82. The third-order valence-electron chi connectivity index (χ3n) is 2.88. The van der Waals surface area contributed by atoms with Crippen molar-refractivity contribution in [3.8, 4) is 0 Å². The molecule has 0 spiro atoms. The van der Waals surface area contributed by atoms with Gasteiger partial charge in [-0.1, -0.05) is 13.8 Å². The van der Waals surface area contributed by atoms with Gasteiger partial charge in [-0.25, -0.2) is 0 Å². The molecule has 7 heteroatoms. The molecule has 0 aliphatic heterocycles. The summed E-state index contributed by atoms with van der Waals surface area (Å²) in [5.74, 6) is -0.893. The normalized spacial score (nSPS) is 10.3. The fraction of sp³-hybridized carbons (Fsp3) is 0.538. The van der Waals surface area contributed by atoms with Crippen LogP contribution in [-0.2, 0) is 0 Å². The van der Waals surface area contributed by atoms with Gasteiger partial charge in [-0.3, -0.25) is 9.59 Å². The Hall–Kier alpha value is -1.76. The summed E-state index contributed by atoms with van der Waals surface area (Å²) in [5, 5.41) is 3.28. The van der Waals surface area contributed by atoms with Crippen molar-refractivity contribution in [2.75, 3.05) is 30.8 Å². The van der Waals surface area contributed by atoms with Crippen LogP contribution in [0.1, 0.15) is 46.7 Å². The predicted octanol–water partition coefficient (Wildman–Crippen LogP) is 1.42. The summed E-state index contributed by atoms with van der Waals surface area (Å²) in [6.45, 7) is 5.73. The molecule has 0 unspecified atom stereocenters. The second-order valence-corrected chi connectivity index (χ2v) is 5.45. The number of thiophene rings is 1. The molecule has 112 valence electrons. The van der Waals surface area contributed by atoms with Crippen LogP contribution in [0, 0.1) is 0 Å². The highest BCUT2D eigenvalue weighted by molar-refractivity contribution is 7.19. The number of amides is 2. The maximum Gasteiger partial charge on any atom is 0.260 e.